The summed E-state index contributed by atoms with van der Waals surface area (Å²) in [6.45, 7) is 3.25. The van der Waals surface area contributed by atoms with Crippen molar-refractivity contribution in [2.75, 3.05) is 27.4 Å². The third kappa shape index (κ3) is 7.60. The van der Waals surface area contributed by atoms with E-state index in [0.717, 1.165) is 17.7 Å². The van der Waals surface area contributed by atoms with Gasteiger partial charge in [0.1, 0.15) is 11.9 Å². The highest BCUT2D eigenvalue weighted by atomic mass is 16.5. The molecular weight excluding hydrogens is 356 g/mol. The Morgan fingerprint density at radius 1 is 1.21 bits per heavy atom. The van der Waals surface area contributed by atoms with Crippen LogP contribution in [0, 0.1) is 0 Å². The van der Waals surface area contributed by atoms with Crippen molar-refractivity contribution in [1.29, 1.82) is 0 Å². The summed E-state index contributed by atoms with van der Waals surface area (Å²) in [6.07, 6.45) is 11.1. The first-order valence-electron chi connectivity index (χ1n) is 9.65. The Morgan fingerprint density at radius 3 is 2.64 bits per heavy atom. The molecule has 2 rings (SSSR count). The minimum atomic E-state index is -0.212. The van der Waals surface area contributed by atoms with Crippen LogP contribution in [0.4, 0.5) is 0 Å². The van der Waals surface area contributed by atoms with Gasteiger partial charge in [0.05, 0.1) is 39.1 Å². The molecular formula is C23H32O5. The van der Waals surface area contributed by atoms with Gasteiger partial charge in [0.15, 0.2) is 0 Å². The van der Waals surface area contributed by atoms with Crippen LogP contribution in [0.25, 0.3) is 0 Å². The summed E-state index contributed by atoms with van der Waals surface area (Å²) in [5, 5.41) is 9.02. The molecule has 0 saturated heterocycles. The van der Waals surface area contributed by atoms with E-state index in [4.69, 9.17) is 24.1 Å². The highest BCUT2D eigenvalue weighted by Crippen LogP contribution is 2.19. The lowest BCUT2D eigenvalue weighted by atomic mass is 10.0. The molecule has 0 bridgehead atoms. The summed E-state index contributed by atoms with van der Waals surface area (Å²) in [7, 11) is 3.33. The Labute approximate surface area is 168 Å². The molecule has 1 aromatic rings. The molecule has 0 fully saturated rings. The fraction of sp³-hybridized carbons (Fsp3) is 0.478. The molecule has 1 heterocycles. The molecule has 1 N–H and O–H groups in total. The van der Waals surface area contributed by atoms with Gasteiger partial charge in [-0.1, -0.05) is 48.1 Å². The van der Waals surface area contributed by atoms with E-state index < -0.39 is 0 Å². The molecule has 5 heteroatoms. The van der Waals surface area contributed by atoms with Crippen LogP contribution in [0.2, 0.25) is 0 Å². The van der Waals surface area contributed by atoms with Crippen molar-refractivity contribution >= 4 is 0 Å². The number of aliphatic hydroxyl groups excluding tert-OH is 1. The molecule has 3 unspecified atom stereocenters. The smallest absolute Gasteiger partial charge is 0.118 e. The number of benzene rings is 1. The van der Waals surface area contributed by atoms with Crippen LogP contribution in [-0.2, 0) is 20.8 Å². The normalized spacial score (nSPS) is 19.7. The summed E-state index contributed by atoms with van der Waals surface area (Å²) >= 11 is 0. The first kappa shape index (κ1) is 22.4. The van der Waals surface area contributed by atoms with Gasteiger partial charge < -0.3 is 24.1 Å². The van der Waals surface area contributed by atoms with Crippen molar-refractivity contribution in [3.63, 3.8) is 0 Å². The van der Waals surface area contributed by atoms with Crippen molar-refractivity contribution in [3.05, 3.63) is 65.8 Å². The van der Waals surface area contributed by atoms with Crippen LogP contribution in [0.1, 0.15) is 25.3 Å². The van der Waals surface area contributed by atoms with Crippen LogP contribution in [0.15, 0.2) is 60.2 Å². The van der Waals surface area contributed by atoms with Gasteiger partial charge in [0.25, 0.3) is 0 Å². The maximum absolute atomic E-state index is 9.02. The van der Waals surface area contributed by atoms with E-state index in [-0.39, 0.29) is 24.9 Å². The summed E-state index contributed by atoms with van der Waals surface area (Å²) in [6, 6.07) is 7.82. The van der Waals surface area contributed by atoms with Crippen LogP contribution in [0.3, 0.4) is 0 Å². The molecule has 0 saturated carbocycles. The minimum Gasteiger partial charge on any atom is -0.497 e. The van der Waals surface area contributed by atoms with Gasteiger partial charge >= 0.3 is 0 Å². The number of hydrogen-bond donors (Lipinski definition) is 1. The quantitative estimate of drug-likeness (QED) is 0.584. The number of ether oxygens (including phenoxy) is 4. The van der Waals surface area contributed by atoms with Gasteiger partial charge in [-0.3, -0.25) is 0 Å². The first-order chi connectivity index (χ1) is 13.7. The molecule has 0 radical (unpaired) electrons. The second kappa shape index (κ2) is 12.5. The molecule has 1 aromatic carbocycles. The number of aliphatic hydroxyl groups is 1. The Hall–Kier alpha value is -1.92. The van der Waals surface area contributed by atoms with Crippen LogP contribution in [-0.4, -0.2) is 50.9 Å². The van der Waals surface area contributed by atoms with Gasteiger partial charge in [-0.2, -0.15) is 0 Å². The fourth-order valence-corrected chi connectivity index (χ4v) is 3.01. The van der Waals surface area contributed by atoms with Crippen molar-refractivity contribution in [2.24, 2.45) is 0 Å². The Kier molecular flexibility index (Phi) is 10.0. The number of hydrogen-bond acceptors (Lipinski definition) is 5. The Bertz CT molecular complexity index is 647. The molecule has 0 aromatic heterocycles. The van der Waals surface area contributed by atoms with E-state index in [9.17, 15) is 0 Å². The molecule has 5 nitrogen and oxygen atoms in total. The summed E-state index contributed by atoms with van der Waals surface area (Å²) < 4.78 is 22.8. The number of rotatable bonds is 11. The van der Waals surface area contributed by atoms with Crippen molar-refractivity contribution < 1.29 is 24.1 Å². The lowest BCUT2D eigenvalue weighted by molar-refractivity contribution is -0.0420. The molecule has 0 aliphatic carbocycles. The SMILES string of the molecule is COc1ccc(COC(C/C=C/CO)C(/C=C\C2CC(C)=CCO2)OC)cc1. The summed E-state index contributed by atoms with van der Waals surface area (Å²) in [4.78, 5) is 0. The molecule has 1 aliphatic rings. The summed E-state index contributed by atoms with van der Waals surface area (Å²) in [5.74, 6) is 0.820. The molecule has 0 amide bonds. The van der Waals surface area contributed by atoms with Gasteiger partial charge in [-0.25, -0.2) is 0 Å². The monoisotopic (exact) mass is 388 g/mol. The van der Waals surface area contributed by atoms with E-state index >= 15 is 0 Å². The highest BCUT2D eigenvalue weighted by molar-refractivity contribution is 5.26. The maximum Gasteiger partial charge on any atom is 0.118 e. The van der Waals surface area contributed by atoms with E-state index in [2.05, 4.69) is 19.1 Å². The van der Waals surface area contributed by atoms with Crippen LogP contribution in [0.5, 0.6) is 5.75 Å². The second-order valence-electron chi connectivity index (χ2n) is 6.80. The first-order valence-corrected chi connectivity index (χ1v) is 9.65. The molecule has 154 valence electrons. The zero-order chi connectivity index (χ0) is 20.2. The Morgan fingerprint density at radius 2 is 2.00 bits per heavy atom. The molecule has 3 atom stereocenters. The van der Waals surface area contributed by atoms with E-state index in [1.165, 1.54) is 5.57 Å². The largest absolute Gasteiger partial charge is 0.497 e. The fourth-order valence-electron chi connectivity index (χ4n) is 3.01. The number of methoxy groups -OCH3 is 2. The van der Waals surface area contributed by atoms with E-state index in [1.807, 2.05) is 36.4 Å². The van der Waals surface area contributed by atoms with Gasteiger partial charge in [0.2, 0.25) is 0 Å². The van der Waals surface area contributed by atoms with Gasteiger partial charge in [0, 0.05) is 7.11 Å². The predicted octanol–water partition coefficient (Wildman–Crippen LogP) is 3.83. The zero-order valence-corrected chi connectivity index (χ0v) is 17.0. The lowest BCUT2D eigenvalue weighted by Gasteiger charge is -2.25. The molecule has 0 spiro atoms. The van der Waals surface area contributed by atoms with Crippen LogP contribution >= 0.6 is 0 Å². The zero-order valence-electron chi connectivity index (χ0n) is 17.0. The average molecular weight is 389 g/mol. The van der Waals surface area contributed by atoms with Crippen LogP contribution < -0.4 is 4.74 Å². The van der Waals surface area contributed by atoms with E-state index in [1.54, 1.807) is 20.3 Å². The molecule has 28 heavy (non-hydrogen) atoms. The maximum atomic E-state index is 9.02. The second-order valence-corrected chi connectivity index (χ2v) is 6.80. The lowest BCUT2D eigenvalue weighted by Crippen LogP contribution is -2.29. The third-order valence-electron chi connectivity index (χ3n) is 4.68. The van der Waals surface area contributed by atoms with Crippen molar-refractivity contribution in [3.8, 4) is 5.75 Å². The average Bonchev–Trinajstić information content (AvgIpc) is 2.72. The van der Waals surface area contributed by atoms with Gasteiger partial charge in [-0.05, 0) is 37.5 Å². The van der Waals surface area contributed by atoms with Gasteiger partial charge in [-0.15, -0.1) is 0 Å². The van der Waals surface area contributed by atoms with E-state index in [0.29, 0.717) is 19.6 Å². The van der Waals surface area contributed by atoms with Crippen molar-refractivity contribution in [1.82, 2.24) is 0 Å². The highest BCUT2D eigenvalue weighted by Gasteiger charge is 2.20. The molecule has 1 aliphatic heterocycles. The third-order valence-corrected chi connectivity index (χ3v) is 4.68. The topological polar surface area (TPSA) is 57.2 Å². The van der Waals surface area contributed by atoms with Crippen molar-refractivity contribution in [2.45, 2.75) is 44.7 Å². The Balaban J connectivity index is 2.00. The predicted molar refractivity (Wildman–Crippen MR) is 110 cm³/mol. The standard InChI is InChI=1S/C23H32O5/c1-18-13-15-27-21(16-18)11-12-22(26-3)23(6-4-5-14-24)28-17-19-7-9-20(25-2)10-8-19/h4-5,7-13,21-24H,6,14-17H2,1-3H3/b5-4+,12-11-. The summed E-state index contributed by atoms with van der Waals surface area (Å²) in [5.41, 5.74) is 2.40. The minimum absolute atomic E-state index is 0.0141.